The van der Waals surface area contributed by atoms with Gasteiger partial charge in [-0.1, -0.05) is 6.07 Å². The highest BCUT2D eigenvalue weighted by Crippen LogP contribution is 2.23. The molecule has 17 heavy (non-hydrogen) atoms. The fraction of sp³-hybridized carbons (Fsp3) is 0.417. The van der Waals surface area contributed by atoms with Gasteiger partial charge < -0.3 is 15.7 Å². The first-order valence-corrected chi connectivity index (χ1v) is 5.58. The van der Waals surface area contributed by atoms with Gasteiger partial charge in [-0.15, -0.1) is 0 Å². The summed E-state index contributed by atoms with van der Waals surface area (Å²) in [7, 11) is 3.94. The van der Waals surface area contributed by atoms with Gasteiger partial charge in [0.2, 0.25) is 0 Å². The van der Waals surface area contributed by atoms with Crippen molar-refractivity contribution >= 4 is 11.5 Å². The lowest BCUT2D eigenvalue weighted by molar-refractivity contribution is 0.265. The van der Waals surface area contributed by atoms with Crippen LogP contribution in [0.25, 0.3) is 5.65 Å². The molecule has 0 spiro atoms. The Hall–Kier alpha value is -1.59. The van der Waals surface area contributed by atoms with E-state index < -0.39 is 6.04 Å². The number of imidazole rings is 1. The van der Waals surface area contributed by atoms with Gasteiger partial charge in [-0.25, -0.2) is 4.98 Å². The number of rotatable bonds is 3. The zero-order chi connectivity index (χ0) is 12.6. The van der Waals surface area contributed by atoms with Crippen LogP contribution in [0.1, 0.15) is 17.4 Å². The Morgan fingerprint density at radius 1 is 1.47 bits per heavy atom. The highest BCUT2D eigenvalue weighted by molar-refractivity contribution is 5.54. The molecule has 0 aromatic carbocycles. The highest BCUT2D eigenvalue weighted by Gasteiger charge is 2.17. The van der Waals surface area contributed by atoms with E-state index >= 15 is 0 Å². The monoisotopic (exact) mass is 234 g/mol. The summed E-state index contributed by atoms with van der Waals surface area (Å²) in [6.45, 7) is 1.83. The van der Waals surface area contributed by atoms with Crippen LogP contribution in [0.2, 0.25) is 0 Å². The van der Waals surface area contributed by atoms with E-state index in [1.54, 1.807) is 0 Å². The van der Waals surface area contributed by atoms with E-state index in [1.807, 2.05) is 48.5 Å². The largest absolute Gasteiger partial charge is 0.394 e. The van der Waals surface area contributed by atoms with Crippen molar-refractivity contribution in [1.82, 2.24) is 9.38 Å². The van der Waals surface area contributed by atoms with Crippen molar-refractivity contribution in [2.75, 3.05) is 25.6 Å². The van der Waals surface area contributed by atoms with Gasteiger partial charge in [0.15, 0.2) is 0 Å². The van der Waals surface area contributed by atoms with Crippen molar-refractivity contribution < 1.29 is 5.11 Å². The summed E-state index contributed by atoms with van der Waals surface area (Å²) < 4.78 is 2.00. The zero-order valence-electron chi connectivity index (χ0n) is 10.4. The van der Waals surface area contributed by atoms with Gasteiger partial charge in [0.1, 0.15) is 11.5 Å². The Labute approximate surface area is 100 Å². The molecule has 1 atom stereocenters. The molecule has 2 aromatic rings. The summed E-state index contributed by atoms with van der Waals surface area (Å²) in [6, 6.07) is 5.49. The number of aliphatic hydroxyl groups is 1. The second-order valence-electron chi connectivity index (χ2n) is 4.34. The molecule has 0 aliphatic carbocycles. The zero-order valence-corrected chi connectivity index (χ0v) is 10.4. The number of anilines is 1. The van der Waals surface area contributed by atoms with Crippen LogP contribution in [-0.2, 0) is 0 Å². The summed E-state index contributed by atoms with van der Waals surface area (Å²) in [5.41, 5.74) is 8.53. The first-order chi connectivity index (χ1) is 8.06. The van der Waals surface area contributed by atoms with E-state index in [0.717, 1.165) is 22.9 Å². The molecule has 0 saturated heterocycles. The van der Waals surface area contributed by atoms with E-state index in [2.05, 4.69) is 4.98 Å². The molecule has 0 bridgehead atoms. The summed E-state index contributed by atoms with van der Waals surface area (Å²) in [4.78, 5) is 6.47. The van der Waals surface area contributed by atoms with E-state index in [4.69, 9.17) is 5.73 Å². The number of pyridine rings is 1. The smallest absolute Gasteiger partial charge is 0.138 e. The maximum atomic E-state index is 9.24. The van der Waals surface area contributed by atoms with Gasteiger partial charge >= 0.3 is 0 Å². The summed E-state index contributed by atoms with van der Waals surface area (Å²) in [5.74, 6) is 1.00. The molecular formula is C12H18N4O. The molecular weight excluding hydrogens is 216 g/mol. The van der Waals surface area contributed by atoms with Crippen molar-refractivity contribution in [1.29, 1.82) is 0 Å². The number of nitrogens with zero attached hydrogens (tertiary/aromatic N) is 3. The number of fused-ring (bicyclic) bond motifs is 1. The third-order valence-corrected chi connectivity index (χ3v) is 2.85. The standard InChI is InChI=1S/C12H18N4O/c1-8-12(9(13)7-17)16-10(14-8)5-4-6-11(16)15(2)3/h4-6,9,17H,7,13H2,1-3H3. The lowest BCUT2D eigenvalue weighted by Crippen LogP contribution is -2.20. The maximum Gasteiger partial charge on any atom is 0.138 e. The van der Waals surface area contributed by atoms with Gasteiger partial charge in [0, 0.05) is 14.1 Å². The molecule has 0 radical (unpaired) electrons. The fourth-order valence-corrected chi connectivity index (χ4v) is 2.08. The Bertz CT molecular complexity index is 533. The average molecular weight is 234 g/mol. The quantitative estimate of drug-likeness (QED) is 0.820. The van der Waals surface area contributed by atoms with Crippen LogP contribution in [0.3, 0.4) is 0 Å². The number of aromatic nitrogens is 2. The Kier molecular flexibility index (Phi) is 3.04. The molecule has 5 nitrogen and oxygen atoms in total. The van der Waals surface area contributed by atoms with Gasteiger partial charge in [-0.05, 0) is 19.1 Å². The number of hydrogen-bond donors (Lipinski definition) is 2. The minimum atomic E-state index is -0.411. The molecule has 0 aliphatic heterocycles. The molecule has 0 saturated carbocycles. The van der Waals surface area contributed by atoms with E-state index in [9.17, 15) is 5.11 Å². The Balaban J connectivity index is 2.77. The predicted octanol–water partition coefficient (Wildman–Crippen LogP) is 0.701. The van der Waals surface area contributed by atoms with Crippen molar-refractivity contribution in [2.45, 2.75) is 13.0 Å². The van der Waals surface area contributed by atoms with Crippen LogP contribution in [-0.4, -0.2) is 35.2 Å². The minimum Gasteiger partial charge on any atom is -0.394 e. The fourth-order valence-electron chi connectivity index (χ4n) is 2.08. The summed E-state index contributed by atoms with van der Waals surface area (Å²) >= 11 is 0. The third-order valence-electron chi connectivity index (χ3n) is 2.85. The second-order valence-corrected chi connectivity index (χ2v) is 4.34. The molecule has 0 amide bonds. The van der Waals surface area contributed by atoms with Gasteiger partial charge in [-0.2, -0.15) is 0 Å². The number of aryl methyl sites for hydroxylation is 1. The highest BCUT2D eigenvalue weighted by atomic mass is 16.3. The van der Waals surface area contributed by atoms with Crippen LogP contribution < -0.4 is 10.6 Å². The predicted molar refractivity (Wildman–Crippen MR) is 68.3 cm³/mol. The molecule has 0 fully saturated rings. The lowest BCUT2D eigenvalue weighted by Gasteiger charge is -2.18. The lowest BCUT2D eigenvalue weighted by atomic mass is 10.2. The average Bonchev–Trinajstić information content (AvgIpc) is 2.63. The molecule has 0 aliphatic rings. The topological polar surface area (TPSA) is 66.8 Å². The molecule has 2 aromatic heterocycles. The van der Waals surface area contributed by atoms with Crippen LogP contribution in [0.15, 0.2) is 18.2 Å². The van der Waals surface area contributed by atoms with Crippen molar-refractivity contribution in [3.8, 4) is 0 Å². The molecule has 2 heterocycles. The third kappa shape index (κ3) is 1.87. The van der Waals surface area contributed by atoms with Crippen LogP contribution >= 0.6 is 0 Å². The van der Waals surface area contributed by atoms with Crippen LogP contribution in [0, 0.1) is 6.92 Å². The molecule has 3 N–H and O–H groups in total. The van der Waals surface area contributed by atoms with Gasteiger partial charge in [-0.3, -0.25) is 4.40 Å². The maximum absolute atomic E-state index is 9.24. The summed E-state index contributed by atoms with van der Waals surface area (Å²) in [5, 5.41) is 9.24. The molecule has 1 unspecified atom stereocenters. The van der Waals surface area contributed by atoms with Gasteiger partial charge in [0.05, 0.1) is 24.0 Å². The molecule has 5 heteroatoms. The second kappa shape index (κ2) is 4.35. The molecule has 92 valence electrons. The Morgan fingerprint density at radius 3 is 2.76 bits per heavy atom. The first-order valence-electron chi connectivity index (χ1n) is 5.58. The normalized spacial score (nSPS) is 13.0. The van der Waals surface area contributed by atoms with Crippen LogP contribution in [0.4, 0.5) is 5.82 Å². The van der Waals surface area contributed by atoms with Gasteiger partial charge in [0.25, 0.3) is 0 Å². The van der Waals surface area contributed by atoms with E-state index in [-0.39, 0.29) is 6.61 Å². The molecule has 2 rings (SSSR count). The number of nitrogens with two attached hydrogens (primary N) is 1. The number of hydrogen-bond acceptors (Lipinski definition) is 4. The van der Waals surface area contributed by atoms with Crippen molar-refractivity contribution in [3.05, 3.63) is 29.6 Å². The van der Waals surface area contributed by atoms with Crippen molar-refractivity contribution in [3.63, 3.8) is 0 Å². The summed E-state index contributed by atoms with van der Waals surface area (Å²) in [6.07, 6.45) is 0. The SMILES string of the molecule is Cc1nc2cccc(N(C)C)n2c1C(N)CO. The van der Waals surface area contributed by atoms with E-state index in [1.165, 1.54) is 0 Å². The number of aliphatic hydroxyl groups excluding tert-OH is 1. The first kappa shape index (κ1) is 11.9. The Morgan fingerprint density at radius 2 is 2.18 bits per heavy atom. The van der Waals surface area contributed by atoms with Crippen LogP contribution in [0.5, 0.6) is 0 Å². The van der Waals surface area contributed by atoms with E-state index in [0.29, 0.717) is 0 Å². The minimum absolute atomic E-state index is 0.0869. The van der Waals surface area contributed by atoms with Crippen molar-refractivity contribution in [2.24, 2.45) is 5.73 Å².